The van der Waals surface area contributed by atoms with Crippen LogP contribution in [-0.2, 0) is 10.0 Å². The van der Waals surface area contributed by atoms with E-state index in [1.807, 2.05) is 19.1 Å². The molecule has 3 heterocycles. The summed E-state index contributed by atoms with van der Waals surface area (Å²) in [6, 6.07) is 3.45. The molecule has 0 bridgehead atoms. The van der Waals surface area contributed by atoms with Crippen molar-refractivity contribution >= 4 is 21.6 Å². The van der Waals surface area contributed by atoms with Gasteiger partial charge in [0.2, 0.25) is 10.0 Å². The molecule has 1 saturated heterocycles. The number of carbonyl (C=O) groups is 1. The van der Waals surface area contributed by atoms with Crippen LogP contribution in [0.5, 0.6) is 5.75 Å². The standard InChI is InChI=1S/C19H26N4O4S/c1-3-27-16-7-5-11-23-17(13(2)20-18(16)23)19(24)21-14-6-4-10-22(12-14)28(25,26)15-8-9-15/h5,7,11,14-15H,3-4,6,8-10,12H2,1-2H3,(H,21,24)/t14-/m0/s1. The molecule has 0 unspecified atom stereocenters. The fraction of sp³-hybridized carbons (Fsp3) is 0.579. The van der Waals surface area contributed by atoms with Gasteiger partial charge in [0.05, 0.1) is 17.6 Å². The van der Waals surface area contributed by atoms with Crippen molar-refractivity contribution in [2.75, 3.05) is 19.7 Å². The molecule has 2 aromatic rings. The van der Waals surface area contributed by atoms with Crippen molar-refractivity contribution in [2.24, 2.45) is 0 Å². The van der Waals surface area contributed by atoms with Crippen molar-refractivity contribution in [3.8, 4) is 5.75 Å². The lowest BCUT2D eigenvalue weighted by Crippen LogP contribution is -2.50. The highest BCUT2D eigenvalue weighted by Gasteiger charge is 2.41. The summed E-state index contributed by atoms with van der Waals surface area (Å²) in [7, 11) is -3.22. The van der Waals surface area contributed by atoms with Crippen LogP contribution < -0.4 is 10.1 Å². The molecule has 28 heavy (non-hydrogen) atoms. The molecule has 1 amide bonds. The fourth-order valence-electron chi connectivity index (χ4n) is 3.82. The van der Waals surface area contributed by atoms with E-state index in [-0.39, 0.29) is 17.2 Å². The van der Waals surface area contributed by atoms with Crippen LogP contribution >= 0.6 is 0 Å². The Morgan fingerprint density at radius 1 is 1.36 bits per heavy atom. The van der Waals surface area contributed by atoms with Crippen LogP contribution in [0.2, 0.25) is 0 Å². The molecule has 8 nitrogen and oxygen atoms in total. The number of aromatic nitrogens is 2. The molecule has 1 aliphatic heterocycles. The van der Waals surface area contributed by atoms with Gasteiger partial charge in [-0.3, -0.25) is 9.20 Å². The second-order valence-electron chi connectivity index (χ2n) is 7.46. The summed E-state index contributed by atoms with van der Waals surface area (Å²) in [4.78, 5) is 17.5. The summed E-state index contributed by atoms with van der Waals surface area (Å²) in [5, 5.41) is 2.80. The monoisotopic (exact) mass is 406 g/mol. The van der Waals surface area contributed by atoms with Gasteiger partial charge in [0.1, 0.15) is 5.69 Å². The first-order chi connectivity index (χ1) is 13.4. The van der Waals surface area contributed by atoms with Crippen LogP contribution in [0, 0.1) is 6.92 Å². The second kappa shape index (κ2) is 7.36. The van der Waals surface area contributed by atoms with Gasteiger partial charge in [-0.05, 0) is 51.7 Å². The predicted molar refractivity (Wildman–Crippen MR) is 105 cm³/mol. The first-order valence-electron chi connectivity index (χ1n) is 9.82. The lowest BCUT2D eigenvalue weighted by molar-refractivity contribution is 0.0914. The number of sulfonamides is 1. The SMILES string of the molecule is CCOc1cccn2c(C(=O)N[C@H]3CCCN(S(=O)(=O)C4CC4)C3)c(C)nc12. The number of amides is 1. The highest BCUT2D eigenvalue weighted by atomic mass is 32.2. The summed E-state index contributed by atoms with van der Waals surface area (Å²) in [5.41, 5.74) is 1.68. The van der Waals surface area contributed by atoms with Gasteiger partial charge < -0.3 is 10.1 Å². The van der Waals surface area contributed by atoms with Crippen molar-refractivity contribution in [2.45, 2.75) is 50.8 Å². The third-order valence-corrected chi connectivity index (χ3v) is 7.69. The molecule has 0 aromatic carbocycles. The van der Waals surface area contributed by atoms with Gasteiger partial charge in [0.25, 0.3) is 5.91 Å². The van der Waals surface area contributed by atoms with Gasteiger partial charge in [0.15, 0.2) is 11.4 Å². The Hall–Kier alpha value is -2.13. The number of piperidine rings is 1. The zero-order chi connectivity index (χ0) is 19.9. The van der Waals surface area contributed by atoms with Gasteiger partial charge in [-0.1, -0.05) is 0 Å². The Balaban J connectivity index is 1.54. The number of fused-ring (bicyclic) bond motifs is 1. The first-order valence-corrected chi connectivity index (χ1v) is 11.3. The summed E-state index contributed by atoms with van der Waals surface area (Å²) in [6.45, 7) is 5.09. The number of rotatable bonds is 6. The lowest BCUT2D eigenvalue weighted by atomic mass is 10.1. The van der Waals surface area contributed by atoms with Crippen LogP contribution in [0.3, 0.4) is 0 Å². The molecule has 2 aliphatic rings. The predicted octanol–water partition coefficient (Wildman–Crippen LogP) is 1.73. The molecule has 152 valence electrons. The van der Waals surface area contributed by atoms with Crippen molar-refractivity contribution in [3.63, 3.8) is 0 Å². The van der Waals surface area contributed by atoms with E-state index >= 15 is 0 Å². The van der Waals surface area contributed by atoms with Gasteiger partial charge >= 0.3 is 0 Å². The molecule has 2 aromatic heterocycles. The maximum Gasteiger partial charge on any atom is 0.270 e. The van der Waals surface area contributed by atoms with E-state index in [1.54, 1.807) is 21.8 Å². The minimum Gasteiger partial charge on any atom is -0.490 e. The van der Waals surface area contributed by atoms with E-state index in [9.17, 15) is 13.2 Å². The molecule has 4 rings (SSSR count). The van der Waals surface area contributed by atoms with Crippen molar-refractivity contribution < 1.29 is 17.9 Å². The number of hydrogen-bond acceptors (Lipinski definition) is 5. The molecule has 1 atom stereocenters. The summed E-state index contributed by atoms with van der Waals surface area (Å²) >= 11 is 0. The van der Waals surface area contributed by atoms with Gasteiger partial charge in [-0.25, -0.2) is 13.4 Å². The second-order valence-corrected chi connectivity index (χ2v) is 9.67. The fourth-order valence-corrected chi connectivity index (χ4v) is 5.74. The number of pyridine rings is 1. The van der Waals surface area contributed by atoms with Crippen LogP contribution in [0.25, 0.3) is 5.65 Å². The van der Waals surface area contributed by atoms with Gasteiger partial charge in [0, 0.05) is 25.3 Å². The number of carbonyl (C=O) groups excluding carboxylic acids is 1. The van der Waals surface area contributed by atoms with Crippen molar-refractivity contribution in [1.82, 2.24) is 19.0 Å². The van der Waals surface area contributed by atoms with Crippen LogP contribution in [0.15, 0.2) is 18.3 Å². The normalized spacial score (nSPS) is 21.0. The topological polar surface area (TPSA) is 93.0 Å². The van der Waals surface area contributed by atoms with E-state index in [1.165, 1.54) is 0 Å². The van der Waals surface area contributed by atoms with E-state index in [2.05, 4.69) is 10.3 Å². The molecule has 1 saturated carbocycles. The van der Waals surface area contributed by atoms with Gasteiger partial charge in [-0.15, -0.1) is 0 Å². The largest absolute Gasteiger partial charge is 0.490 e. The molecular weight excluding hydrogens is 380 g/mol. The quantitative estimate of drug-likeness (QED) is 0.789. The highest BCUT2D eigenvalue weighted by Crippen LogP contribution is 2.32. The van der Waals surface area contributed by atoms with E-state index in [4.69, 9.17) is 4.74 Å². The van der Waals surface area contributed by atoms with Crippen LogP contribution in [0.1, 0.15) is 48.8 Å². The Morgan fingerprint density at radius 3 is 2.86 bits per heavy atom. The number of nitrogens with one attached hydrogen (secondary N) is 1. The molecule has 2 fully saturated rings. The average molecular weight is 407 g/mol. The van der Waals surface area contributed by atoms with Crippen LogP contribution in [0.4, 0.5) is 0 Å². The molecule has 1 N–H and O–H groups in total. The number of nitrogens with zero attached hydrogens (tertiary/aromatic N) is 3. The maximum absolute atomic E-state index is 13.0. The van der Waals surface area contributed by atoms with Gasteiger partial charge in [-0.2, -0.15) is 4.31 Å². The zero-order valence-electron chi connectivity index (χ0n) is 16.2. The highest BCUT2D eigenvalue weighted by molar-refractivity contribution is 7.90. The molecular formula is C19H26N4O4S. The molecule has 9 heteroatoms. The average Bonchev–Trinajstić information content (AvgIpc) is 3.46. The number of ether oxygens (including phenoxy) is 1. The Morgan fingerprint density at radius 2 is 2.14 bits per heavy atom. The smallest absolute Gasteiger partial charge is 0.270 e. The molecule has 0 radical (unpaired) electrons. The third-order valence-electron chi connectivity index (χ3n) is 5.33. The minimum atomic E-state index is -3.22. The first kappa shape index (κ1) is 19.2. The third kappa shape index (κ3) is 3.48. The summed E-state index contributed by atoms with van der Waals surface area (Å²) in [6.07, 6.45) is 4.80. The number of imidazole rings is 1. The van der Waals surface area contributed by atoms with E-state index in [0.717, 1.165) is 25.7 Å². The summed E-state index contributed by atoms with van der Waals surface area (Å²) < 4.78 is 33.9. The Bertz CT molecular complexity index is 997. The maximum atomic E-state index is 13.0. The minimum absolute atomic E-state index is 0.199. The van der Waals surface area contributed by atoms with E-state index < -0.39 is 10.0 Å². The zero-order valence-corrected chi connectivity index (χ0v) is 17.0. The van der Waals surface area contributed by atoms with Crippen molar-refractivity contribution in [3.05, 3.63) is 29.7 Å². The summed E-state index contributed by atoms with van der Waals surface area (Å²) in [5.74, 6) is 0.390. The van der Waals surface area contributed by atoms with Crippen LogP contribution in [-0.4, -0.2) is 59.0 Å². The molecule has 1 aliphatic carbocycles. The Labute approximate surface area is 164 Å². The van der Waals surface area contributed by atoms with Crippen molar-refractivity contribution in [1.29, 1.82) is 0 Å². The van der Waals surface area contributed by atoms with E-state index in [0.29, 0.717) is 42.5 Å². The Kier molecular flexibility index (Phi) is 5.05. The number of hydrogen-bond donors (Lipinski definition) is 1. The lowest BCUT2D eigenvalue weighted by Gasteiger charge is -2.32. The number of aryl methyl sites for hydroxylation is 1. The molecule has 0 spiro atoms.